The Kier molecular flexibility index (Phi) is 4.60. The Bertz CT molecular complexity index is 609. The van der Waals surface area contributed by atoms with Gasteiger partial charge in [-0.3, -0.25) is 4.79 Å². The molecule has 0 spiro atoms. The molecule has 0 saturated carbocycles. The fourth-order valence-corrected chi connectivity index (χ4v) is 1.94. The zero-order valence-electron chi connectivity index (χ0n) is 12.1. The second kappa shape index (κ2) is 6.41. The van der Waals surface area contributed by atoms with Crippen molar-refractivity contribution in [1.82, 2.24) is 0 Å². The molecule has 4 heteroatoms. The minimum absolute atomic E-state index is 0.333. The first-order valence-corrected chi connectivity index (χ1v) is 6.87. The average molecular weight is 284 g/mol. The van der Waals surface area contributed by atoms with Gasteiger partial charge in [-0.25, -0.2) is 0 Å². The van der Waals surface area contributed by atoms with Gasteiger partial charge in [-0.2, -0.15) is 0 Å². The van der Waals surface area contributed by atoms with Gasteiger partial charge < -0.3 is 16.2 Å². The first kappa shape index (κ1) is 15.1. The summed E-state index contributed by atoms with van der Waals surface area (Å²) >= 11 is 0. The summed E-state index contributed by atoms with van der Waals surface area (Å²) in [6, 6.07) is 17.8. The van der Waals surface area contributed by atoms with Crippen molar-refractivity contribution < 1.29 is 9.53 Å². The minimum Gasteiger partial charge on any atom is -0.493 e. The van der Waals surface area contributed by atoms with Crippen LogP contribution in [0.15, 0.2) is 54.6 Å². The minimum atomic E-state index is -1.05. The van der Waals surface area contributed by atoms with Crippen molar-refractivity contribution >= 4 is 5.91 Å². The molecule has 2 rings (SSSR count). The Morgan fingerprint density at radius 3 is 2.38 bits per heavy atom. The van der Waals surface area contributed by atoms with Crippen LogP contribution in [-0.2, 0) is 4.79 Å². The Morgan fingerprint density at radius 1 is 1.10 bits per heavy atom. The summed E-state index contributed by atoms with van der Waals surface area (Å²) in [4.78, 5) is 11.2. The number of hydrogen-bond donors (Lipinski definition) is 2. The number of para-hydroxylation sites is 1. The van der Waals surface area contributed by atoms with E-state index in [1.54, 1.807) is 6.92 Å². The normalized spacial score (nSPS) is 13.4. The number of carbonyl (C=O) groups excluding carboxylic acids is 1. The summed E-state index contributed by atoms with van der Waals surface area (Å²) in [6.07, 6.45) is 0.367. The summed E-state index contributed by atoms with van der Waals surface area (Å²) in [5, 5.41) is 0. The Balaban J connectivity index is 2.10. The molecular weight excluding hydrogens is 264 g/mol. The van der Waals surface area contributed by atoms with E-state index in [-0.39, 0.29) is 0 Å². The molecule has 0 radical (unpaired) electrons. The summed E-state index contributed by atoms with van der Waals surface area (Å²) in [5.74, 6) is 0.242. The summed E-state index contributed by atoms with van der Waals surface area (Å²) in [6.45, 7) is 1.95. The van der Waals surface area contributed by atoms with E-state index in [1.807, 2.05) is 54.6 Å². The van der Waals surface area contributed by atoms with Gasteiger partial charge in [0.2, 0.25) is 5.91 Å². The second-order valence-corrected chi connectivity index (χ2v) is 5.24. The molecule has 1 amide bonds. The van der Waals surface area contributed by atoms with Gasteiger partial charge in [0.05, 0.1) is 12.1 Å². The number of carbonyl (C=O) groups is 1. The van der Waals surface area contributed by atoms with Gasteiger partial charge in [0.25, 0.3) is 0 Å². The predicted octanol–water partition coefficient (Wildman–Crippen LogP) is 2.33. The Labute approximate surface area is 124 Å². The number of rotatable bonds is 6. The molecule has 0 bridgehead atoms. The van der Waals surface area contributed by atoms with Gasteiger partial charge in [0, 0.05) is 12.0 Å². The number of nitrogens with two attached hydrogens (primary N) is 2. The molecule has 0 heterocycles. The number of ether oxygens (including phenoxy) is 1. The highest BCUT2D eigenvalue weighted by Crippen LogP contribution is 2.29. The van der Waals surface area contributed by atoms with Gasteiger partial charge >= 0.3 is 0 Å². The lowest BCUT2D eigenvalue weighted by atomic mass is 9.99. The third kappa shape index (κ3) is 3.83. The molecule has 0 aromatic heterocycles. The summed E-state index contributed by atoms with van der Waals surface area (Å²) in [7, 11) is 0. The van der Waals surface area contributed by atoms with Crippen molar-refractivity contribution in [2.24, 2.45) is 11.5 Å². The molecule has 1 unspecified atom stereocenters. The smallest absolute Gasteiger partial charge is 0.237 e. The first-order valence-electron chi connectivity index (χ1n) is 6.87. The maximum absolute atomic E-state index is 11.2. The molecule has 1 atom stereocenters. The average Bonchev–Trinajstić information content (AvgIpc) is 2.48. The van der Waals surface area contributed by atoms with Crippen LogP contribution in [0.2, 0.25) is 0 Å². The SMILES string of the molecule is CC(N)(CCOc1ccccc1-c1ccccc1)C(N)=O. The molecular formula is C17H20N2O2. The Morgan fingerprint density at radius 2 is 1.71 bits per heavy atom. The maximum Gasteiger partial charge on any atom is 0.237 e. The van der Waals surface area contributed by atoms with Crippen molar-refractivity contribution in [3.8, 4) is 16.9 Å². The lowest BCUT2D eigenvalue weighted by Gasteiger charge is -2.21. The van der Waals surface area contributed by atoms with Crippen LogP contribution in [0, 0.1) is 0 Å². The third-order valence-corrected chi connectivity index (χ3v) is 3.41. The second-order valence-electron chi connectivity index (χ2n) is 5.24. The quantitative estimate of drug-likeness (QED) is 0.854. The zero-order chi connectivity index (χ0) is 15.3. The van der Waals surface area contributed by atoms with Crippen molar-refractivity contribution in [2.75, 3.05) is 6.61 Å². The Hall–Kier alpha value is -2.33. The zero-order valence-corrected chi connectivity index (χ0v) is 12.1. The van der Waals surface area contributed by atoms with E-state index in [1.165, 1.54) is 0 Å². The number of amides is 1. The summed E-state index contributed by atoms with van der Waals surface area (Å²) in [5.41, 5.74) is 12.1. The van der Waals surface area contributed by atoms with Crippen LogP contribution in [-0.4, -0.2) is 18.1 Å². The van der Waals surface area contributed by atoms with Gasteiger partial charge in [-0.1, -0.05) is 48.5 Å². The largest absolute Gasteiger partial charge is 0.493 e. The van der Waals surface area contributed by atoms with Crippen molar-refractivity contribution in [3.05, 3.63) is 54.6 Å². The predicted molar refractivity (Wildman–Crippen MR) is 83.8 cm³/mol. The van der Waals surface area contributed by atoms with Crippen LogP contribution in [0.5, 0.6) is 5.75 Å². The van der Waals surface area contributed by atoms with Crippen molar-refractivity contribution in [3.63, 3.8) is 0 Å². The molecule has 2 aromatic rings. The third-order valence-electron chi connectivity index (χ3n) is 3.41. The van der Waals surface area contributed by atoms with Crippen LogP contribution in [0.25, 0.3) is 11.1 Å². The molecule has 0 aliphatic heterocycles. The van der Waals surface area contributed by atoms with Crippen LogP contribution in [0.3, 0.4) is 0 Å². The lowest BCUT2D eigenvalue weighted by molar-refractivity contribution is -0.123. The van der Waals surface area contributed by atoms with E-state index >= 15 is 0 Å². The molecule has 0 fully saturated rings. The maximum atomic E-state index is 11.2. The molecule has 2 aromatic carbocycles. The van der Waals surface area contributed by atoms with Crippen molar-refractivity contribution in [2.45, 2.75) is 18.9 Å². The fraction of sp³-hybridized carbons (Fsp3) is 0.235. The van der Waals surface area contributed by atoms with Crippen LogP contribution < -0.4 is 16.2 Å². The molecule has 0 aliphatic rings. The van der Waals surface area contributed by atoms with Gasteiger partial charge in [-0.15, -0.1) is 0 Å². The first-order chi connectivity index (χ1) is 10.0. The molecule has 4 N–H and O–H groups in total. The number of benzene rings is 2. The molecule has 0 saturated heterocycles. The van der Waals surface area contributed by atoms with E-state index in [0.717, 1.165) is 16.9 Å². The van der Waals surface area contributed by atoms with E-state index in [4.69, 9.17) is 16.2 Å². The highest BCUT2D eigenvalue weighted by Gasteiger charge is 2.25. The molecule has 0 aliphatic carbocycles. The van der Waals surface area contributed by atoms with Gasteiger partial charge in [0.15, 0.2) is 0 Å². The molecule has 4 nitrogen and oxygen atoms in total. The standard InChI is InChI=1S/C17H20N2O2/c1-17(19,16(18)20)11-12-21-15-10-6-5-9-14(15)13-7-3-2-4-8-13/h2-10H,11-12,19H2,1H3,(H2,18,20). The van der Waals surface area contributed by atoms with E-state index < -0.39 is 11.4 Å². The summed E-state index contributed by atoms with van der Waals surface area (Å²) < 4.78 is 5.79. The van der Waals surface area contributed by atoms with Crippen LogP contribution in [0.1, 0.15) is 13.3 Å². The molecule has 21 heavy (non-hydrogen) atoms. The highest BCUT2D eigenvalue weighted by atomic mass is 16.5. The van der Waals surface area contributed by atoms with Crippen LogP contribution >= 0.6 is 0 Å². The monoisotopic (exact) mass is 284 g/mol. The van der Waals surface area contributed by atoms with E-state index in [2.05, 4.69) is 0 Å². The van der Waals surface area contributed by atoms with E-state index in [0.29, 0.717) is 13.0 Å². The van der Waals surface area contributed by atoms with Crippen LogP contribution in [0.4, 0.5) is 0 Å². The van der Waals surface area contributed by atoms with Crippen molar-refractivity contribution in [1.29, 1.82) is 0 Å². The topological polar surface area (TPSA) is 78.3 Å². The molecule has 110 valence electrons. The lowest BCUT2D eigenvalue weighted by Crippen LogP contribution is -2.50. The van der Waals surface area contributed by atoms with Gasteiger partial charge in [0.1, 0.15) is 5.75 Å². The highest BCUT2D eigenvalue weighted by molar-refractivity contribution is 5.83. The fourth-order valence-electron chi connectivity index (χ4n) is 1.94. The number of primary amides is 1. The van der Waals surface area contributed by atoms with Gasteiger partial charge in [-0.05, 0) is 18.6 Å². The number of hydrogen-bond acceptors (Lipinski definition) is 3. The van der Waals surface area contributed by atoms with E-state index in [9.17, 15) is 4.79 Å².